The van der Waals surface area contributed by atoms with E-state index in [1.54, 1.807) is 37.4 Å². The van der Waals surface area contributed by atoms with E-state index in [1.807, 2.05) is 0 Å². The molecule has 3 aliphatic rings. The normalized spacial score (nSPS) is 23.4. The molecule has 1 N–H and O–H groups in total. The first-order valence-corrected chi connectivity index (χ1v) is 12.5. The number of carbonyl (C=O) groups is 1. The zero-order valence-electron chi connectivity index (χ0n) is 20.0. The second kappa shape index (κ2) is 9.72. The SMILES string of the molecule is COc1ccc(NC(=O)[C@@H]2Cc3cc(C(F)(F)F)ccc3N3CCN(C4CCCCC4)C[C@@H]23)cc1. The van der Waals surface area contributed by atoms with Crippen molar-refractivity contribution in [3.63, 3.8) is 0 Å². The van der Waals surface area contributed by atoms with Crippen LogP contribution in [0.25, 0.3) is 0 Å². The van der Waals surface area contributed by atoms with Crippen molar-refractivity contribution in [2.45, 2.75) is 56.8 Å². The van der Waals surface area contributed by atoms with E-state index in [4.69, 9.17) is 4.74 Å². The molecule has 2 atom stereocenters. The van der Waals surface area contributed by atoms with Gasteiger partial charge in [-0.1, -0.05) is 19.3 Å². The molecule has 0 bridgehead atoms. The molecule has 8 heteroatoms. The van der Waals surface area contributed by atoms with Crippen LogP contribution in [0.1, 0.15) is 43.2 Å². The van der Waals surface area contributed by atoms with E-state index in [9.17, 15) is 18.0 Å². The van der Waals surface area contributed by atoms with E-state index in [0.29, 0.717) is 36.0 Å². The van der Waals surface area contributed by atoms with E-state index < -0.39 is 17.7 Å². The van der Waals surface area contributed by atoms with Crippen LogP contribution < -0.4 is 15.0 Å². The number of methoxy groups -OCH3 is 1. The summed E-state index contributed by atoms with van der Waals surface area (Å²) in [6, 6.07) is 11.6. The number of halogens is 3. The minimum atomic E-state index is -4.41. The van der Waals surface area contributed by atoms with Crippen molar-refractivity contribution in [1.29, 1.82) is 0 Å². The van der Waals surface area contributed by atoms with E-state index in [2.05, 4.69) is 15.1 Å². The Labute approximate surface area is 204 Å². The summed E-state index contributed by atoms with van der Waals surface area (Å²) in [6.07, 6.45) is 2.00. The van der Waals surface area contributed by atoms with Crippen LogP contribution >= 0.6 is 0 Å². The lowest BCUT2D eigenvalue weighted by atomic mass is 9.82. The highest BCUT2D eigenvalue weighted by molar-refractivity contribution is 5.94. The molecule has 2 aromatic carbocycles. The number of piperazine rings is 1. The molecule has 0 aromatic heterocycles. The Morgan fingerprint density at radius 2 is 1.77 bits per heavy atom. The average Bonchev–Trinajstić information content (AvgIpc) is 2.88. The lowest BCUT2D eigenvalue weighted by Gasteiger charge is -2.51. The maximum Gasteiger partial charge on any atom is 0.416 e. The summed E-state index contributed by atoms with van der Waals surface area (Å²) in [5.41, 5.74) is 1.42. The fourth-order valence-electron chi connectivity index (χ4n) is 6.01. The summed E-state index contributed by atoms with van der Waals surface area (Å²) in [6.45, 7) is 2.34. The number of ether oxygens (including phenoxy) is 1. The highest BCUT2D eigenvalue weighted by Gasteiger charge is 2.43. The van der Waals surface area contributed by atoms with Gasteiger partial charge in [0.05, 0.1) is 24.6 Å². The zero-order valence-corrected chi connectivity index (χ0v) is 20.0. The highest BCUT2D eigenvalue weighted by atomic mass is 19.4. The van der Waals surface area contributed by atoms with Gasteiger partial charge in [0.25, 0.3) is 0 Å². The molecule has 0 radical (unpaired) electrons. The van der Waals surface area contributed by atoms with Gasteiger partial charge in [-0.25, -0.2) is 0 Å². The first-order valence-electron chi connectivity index (χ1n) is 12.5. The van der Waals surface area contributed by atoms with Gasteiger partial charge >= 0.3 is 6.18 Å². The number of amides is 1. The molecule has 2 aromatic rings. The molecule has 0 unspecified atom stereocenters. The quantitative estimate of drug-likeness (QED) is 0.632. The predicted octanol–water partition coefficient (Wildman–Crippen LogP) is 5.35. The van der Waals surface area contributed by atoms with Gasteiger partial charge in [-0.2, -0.15) is 13.2 Å². The van der Waals surface area contributed by atoms with Crippen LogP contribution in [0, 0.1) is 5.92 Å². The molecule has 2 fully saturated rings. The number of hydrogen-bond acceptors (Lipinski definition) is 4. The van der Waals surface area contributed by atoms with Crippen molar-refractivity contribution in [1.82, 2.24) is 4.90 Å². The third kappa shape index (κ3) is 4.99. The molecular formula is C27H32F3N3O2. The van der Waals surface area contributed by atoms with Crippen molar-refractivity contribution in [2.24, 2.45) is 5.92 Å². The lowest BCUT2D eigenvalue weighted by molar-refractivity contribution is -0.137. The monoisotopic (exact) mass is 487 g/mol. The zero-order chi connectivity index (χ0) is 24.6. The Morgan fingerprint density at radius 1 is 1.03 bits per heavy atom. The molecule has 35 heavy (non-hydrogen) atoms. The number of hydrogen-bond donors (Lipinski definition) is 1. The number of nitrogens with zero attached hydrogens (tertiary/aromatic N) is 2. The second-order valence-electron chi connectivity index (χ2n) is 9.92. The summed E-state index contributed by atoms with van der Waals surface area (Å²) in [7, 11) is 1.58. The van der Waals surface area contributed by atoms with E-state index >= 15 is 0 Å². The Kier molecular flexibility index (Phi) is 6.66. The molecule has 1 amide bonds. The number of rotatable bonds is 4. The van der Waals surface area contributed by atoms with Gasteiger partial charge < -0.3 is 15.0 Å². The van der Waals surface area contributed by atoms with Gasteiger partial charge in [0.2, 0.25) is 5.91 Å². The molecule has 1 saturated carbocycles. The Morgan fingerprint density at radius 3 is 2.46 bits per heavy atom. The third-order valence-electron chi connectivity index (χ3n) is 7.86. The summed E-state index contributed by atoms with van der Waals surface area (Å²) in [4.78, 5) is 18.2. The minimum Gasteiger partial charge on any atom is -0.497 e. The van der Waals surface area contributed by atoms with Crippen LogP contribution in [0.15, 0.2) is 42.5 Å². The van der Waals surface area contributed by atoms with Crippen molar-refractivity contribution in [3.8, 4) is 5.75 Å². The van der Waals surface area contributed by atoms with Gasteiger partial charge in [-0.15, -0.1) is 0 Å². The summed E-state index contributed by atoms with van der Waals surface area (Å²) in [5, 5.41) is 3.00. The number of alkyl halides is 3. The topological polar surface area (TPSA) is 44.8 Å². The van der Waals surface area contributed by atoms with Crippen LogP contribution in [0.4, 0.5) is 24.5 Å². The first-order chi connectivity index (χ1) is 16.8. The lowest BCUT2D eigenvalue weighted by Crippen LogP contribution is -2.62. The van der Waals surface area contributed by atoms with Crippen molar-refractivity contribution < 1.29 is 22.7 Å². The third-order valence-corrected chi connectivity index (χ3v) is 7.86. The second-order valence-corrected chi connectivity index (χ2v) is 9.92. The molecule has 0 spiro atoms. The number of fused-ring (bicyclic) bond motifs is 3. The molecule has 5 rings (SSSR count). The number of anilines is 2. The molecule has 5 nitrogen and oxygen atoms in total. The van der Waals surface area contributed by atoms with Crippen molar-refractivity contribution in [3.05, 3.63) is 53.6 Å². The smallest absolute Gasteiger partial charge is 0.416 e. The molecule has 2 heterocycles. The highest BCUT2D eigenvalue weighted by Crippen LogP contribution is 2.40. The van der Waals surface area contributed by atoms with Gasteiger partial charge in [0.1, 0.15) is 5.75 Å². The number of carbonyl (C=O) groups excluding carboxylic acids is 1. The van der Waals surface area contributed by atoms with E-state index in [-0.39, 0.29) is 11.9 Å². The van der Waals surface area contributed by atoms with Crippen molar-refractivity contribution in [2.75, 3.05) is 37.0 Å². The fourth-order valence-corrected chi connectivity index (χ4v) is 6.01. The van der Waals surface area contributed by atoms with Crippen LogP contribution in [-0.2, 0) is 17.4 Å². The summed E-state index contributed by atoms with van der Waals surface area (Å²) < 4.78 is 45.5. The fraction of sp³-hybridized carbons (Fsp3) is 0.519. The Hall–Kier alpha value is -2.74. The molecule has 2 aliphatic heterocycles. The maximum absolute atomic E-state index is 13.5. The van der Waals surface area contributed by atoms with E-state index in [1.165, 1.54) is 44.2 Å². The first kappa shape index (κ1) is 24.0. The predicted molar refractivity (Wildman–Crippen MR) is 130 cm³/mol. The van der Waals surface area contributed by atoms with Gasteiger partial charge in [-0.05, 0) is 67.3 Å². The van der Waals surface area contributed by atoms with Gasteiger partial charge in [-0.3, -0.25) is 9.69 Å². The number of benzene rings is 2. The molecule has 1 aliphatic carbocycles. The molecule has 1 saturated heterocycles. The standard InChI is InChI=1S/C27H32F3N3O2/c1-35-22-10-8-20(9-11-22)31-26(34)23-16-18-15-19(27(28,29)30)7-12-24(18)33-14-13-32(17-25(23)33)21-5-3-2-4-6-21/h7-12,15,21,23,25H,2-6,13-14,16-17H2,1H3,(H,31,34)/t23-,25+/m1/s1. The minimum absolute atomic E-state index is 0.0758. The van der Waals surface area contributed by atoms with Crippen LogP contribution in [0.2, 0.25) is 0 Å². The van der Waals surface area contributed by atoms with E-state index in [0.717, 1.165) is 18.8 Å². The Balaban J connectivity index is 1.43. The van der Waals surface area contributed by atoms with Crippen molar-refractivity contribution >= 4 is 17.3 Å². The van der Waals surface area contributed by atoms with Gasteiger partial charge in [0.15, 0.2) is 0 Å². The summed E-state index contributed by atoms with van der Waals surface area (Å²) >= 11 is 0. The molecule has 188 valence electrons. The van der Waals surface area contributed by atoms with Gasteiger partial charge in [0, 0.05) is 37.1 Å². The van der Waals surface area contributed by atoms with Crippen LogP contribution in [0.5, 0.6) is 5.75 Å². The van der Waals surface area contributed by atoms with Crippen LogP contribution in [0.3, 0.4) is 0 Å². The summed E-state index contributed by atoms with van der Waals surface area (Å²) in [5.74, 6) is 0.0917. The molecular weight excluding hydrogens is 455 g/mol. The average molecular weight is 488 g/mol. The Bertz CT molecular complexity index is 1050. The maximum atomic E-state index is 13.5. The van der Waals surface area contributed by atoms with Crippen LogP contribution in [-0.4, -0.2) is 49.6 Å². The largest absolute Gasteiger partial charge is 0.497 e. The number of nitrogens with one attached hydrogen (secondary N) is 1.